The van der Waals surface area contributed by atoms with Gasteiger partial charge in [-0.05, 0) is 35.2 Å². The van der Waals surface area contributed by atoms with Gasteiger partial charge in [0.05, 0.1) is 0 Å². The molecule has 0 unspecified atom stereocenters. The summed E-state index contributed by atoms with van der Waals surface area (Å²) in [6.07, 6.45) is 12.9. The molecule has 0 atom stereocenters. The summed E-state index contributed by atoms with van der Waals surface area (Å²) in [7, 11) is 0. The lowest BCUT2D eigenvalue weighted by Crippen LogP contribution is -1.90. The molecule has 0 aliphatic carbocycles. The molecule has 0 radical (unpaired) electrons. The van der Waals surface area contributed by atoms with Crippen LogP contribution in [0, 0.1) is 0 Å². The lowest BCUT2D eigenvalue weighted by molar-refractivity contribution is 0.112. The third-order valence-corrected chi connectivity index (χ3v) is 4.43. The van der Waals surface area contributed by atoms with Gasteiger partial charge in [-0.3, -0.25) is 4.79 Å². The second kappa shape index (κ2) is 9.40. The first-order valence-corrected chi connectivity index (χ1v) is 8.82. The third kappa shape index (κ3) is 4.98. The molecular formula is C21H28O. The van der Waals surface area contributed by atoms with Crippen molar-refractivity contribution in [1.29, 1.82) is 0 Å². The van der Waals surface area contributed by atoms with Crippen molar-refractivity contribution in [2.24, 2.45) is 0 Å². The number of hydrogen-bond donors (Lipinski definition) is 0. The molecule has 2 aromatic rings. The van der Waals surface area contributed by atoms with Crippen molar-refractivity contribution in [2.75, 3.05) is 0 Å². The highest BCUT2D eigenvalue weighted by Gasteiger charge is 2.02. The van der Waals surface area contributed by atoms with Crippen LogP contribution in [0.25, 0.3) is 10.8 Å². The number of rotatable bonds is 10. The van der Waals surface area contributed by atoms with E-state index < -0.39 is 0 Å². The Morgan fingerprint density at radius 3 is 2.32 bits per heavy atom. The molecule has 2 rings (SSSR count). The molecule has 0 spiro atoms. The van der Waals surface area contributed by atoms with Gasteiger partial charge >= 0.3 is 0 Å². The zero-order valence-electron chi connectivity index (χ0n) is 13.8. The van der Waals surface area contributed by atoms with Crippen LogP contribution >= 0.6 is 0 Å². The number of carbonyl (C=O) groups excluding carboxylic acids is 1. The molecule has 0 aliphatic rings. The molecule has 0 amide bonds. The van der Waals surface area contributed by atoms with Crippen LogP contribution < -0.4 is 0 Å². The monoisotopic (exact) mass is 296 g/mol. The van der Waals surface area contributed by atoms with Crippen molar-refractivity contribution in [3.8, 4) is 0 Å². The fraction of sp³-hybridized carbons (Fsp3) is 0.476. The zero-order chi connectivity index (χ0) is 15.6. The highest BCUT2D eigenvalue weighted by Crippen LogP contribution is 2.22. The Labute approximate surface area is 134 Å². The van der Waals surface area contributed by atoms with E-state index in [1.54, 1.807) is 0 Å². The molecule has 0 heterocycles. The largest absolute Gasteiger partial charge is 0.298 e. The minimum absolute atomic E-state index is 0.761. The molecule has 1 heteroatoms. The van der Waals surface area contributed by atoms with Crippen molar-refractivity contribution >= 4 is 17.1 Å². The van der Waals surface area contributed by atoms with Crippen LogP contribution in [0.2, 0.25) is 0 Å². The predicted octanol–water partition coefficient (Wildman–Crippen LogP) is 6.34. The lowest BCUT2D eigenvalue weighted by Gasteiger charge is -2.07. The number of carbonyl (C=O) groups is 1. The van der Waals surface area contributed by atoms with E-state index in [1.165, 1.54) is 67.7 Å². The van der Waals surface area contributed by atoms with Crippen LogP contribution in [0.1, 0.15) is 74.2 Å². The predicted molar refractivity (Wildman–Crippen MR) is 95.6 cm³/mol. The highest BCUT2D eigenvalue weighted by atomic mass is 16.1. The molecule has 0 bridgehead atoms. The molecule has 2 aromatic carbocycles. The summed E-state index contributed by atoms with van der Waals surface area (Å²) in [6, 6.07) is 12.4. The van der Waals surface area contributed by atoms with Crippen LogP contribution in [0.5, 0.6) is 0 Å². The van der Waals surface area contributed by atoms with Gasteiger partial charge < -0.3 is 0 Å². The first-order chi connectivity index (χ1) is 10.8. The van der Waals surface area contributed by atoms with E-state index in [2.05, 4.69) is 31.2 Å². The summed E-state index contributed by atoms with van der Waals surface area (Å²) in [5.74, 6) is 0. The van der Waals surface area contributed by atoms with E-state index in [4.69, 9.17) is 0 Å². The number of unbranched alkanes of at least 4 members (excludes halogenated alkanes) is 7. The Kier molecular flexibility index (Phi) is 7.15. The van der Waals surface area contributed by atoms with Gasteiger partial charge in [0.2, 0.25) is 0 Å². The first kappa shape index (κ1) is 16.7. The van der Waals surface area contributed by atoms with E-state index in [0.29, 0.717) is 0 Å². The highest BCUT2D eigenvalue weighted by molar-refractivity contribution is 5.90. The SMILES string of the molecule is CCCCCCCCCCc1cccc2cc(C=O)ccc12. The fourth-order valence-electron chi connectivity index (χ4n) is 3.11. The van der Waals surface area contributed by atoms with Gasteiger partial charge in [-0.1, -0.05) is 82.2 Å². The van der Waals surface area contributed by atoms with Crippen LogP contribution in [-0.2, 0) is 6.42 Å². The quantitative estimate of drug-likeness (QED) is 0.369. The Bertz CT molecular complexity index is 585. The third-order valence-electron chi connectivity index (χ3n) is 4.43. The maximum Gasteiger partial charge on any atom is 0.150 e. The van der Waals surface area contributed by atoms with Gasteiger partial charge in [0.15, 0.2) is 0 Å². The summed E-state index contributed by atoms with van der Waals surface area (Å²) >= 11 is 0. The molecule has 0 saturated heterocycles. The molecular weight excluding hydrogens is 268 g/mol. The van der Waals surface area contributed by atoms with Crippen molar-refractivity contribution in [3.63, 3.8) is 0 Å². The molecule has 0 aromatic heterocycles. The van der Waals surface area contributed by atoms with E-state index >= 15 is 0 Å². The normalized spacial score (nSPS) is 11.0. The van der Waals surface area contributed by atoms with E-state index in [9.17, 15) is 4.79 Å². The summed E-state index contributed by atoms with van der Waals surface area (Å²) in [6.45, 7) is 2.27. The standard InChI is InChI=1S/C21H28O/c1-2-3-4-5-6-7-8-9-11-19-12-10-13-20-16-18(17-22)14-15-21(19)20/h10,12-17H,2-9,11H2,1H3. The van der Waals surface area contributed by atoms with E-state index in [-0.39, 0.29) is 0 Å². The molecule has 0 saturated carbocycles. The van der Waals surface area contributed by atoms with Gasteiger partial charge in [-0.2, -0.15) is 0 Å². The van der Waals surface area contributed by atoms with Crippen LogP contribution in [0.3, 0.4) is 0 Å². The molecule has 0 fully saturated rings. The molecule has 0 aliphatic heterocycles. The zero-order valence-corrected chi connectivity index (χ0v) is 13.8. The maximum absolute atomic E-state index is 10.9. The number of aldehydes is 1. The van der Waals surface area contributed by atoms with Gasteiger partial charge in [-0.15, -0.1) is 0 Å². The molecule has 0 N–H and O–H groups in total. The van der Waals surface area contributed by atoms with Crippen molar-refractivity contribution in [1.82, 2.24) is 0 Å². The molecule has 1 nitrogen and oxygen atoms in total. The number of hydrogen-bond acceptors (Lipinski definition) is 1. The average molecular weight is 296 g/mol. The minimum Gasteiger partial charge on any atom is -0.298 e. The number of fused-ring (bicyclic) bond motifs is 1. The van der Waals surface area contributed by atoms with Crippen molar-refractivity contribution in [2.45, 2.75) is 64.7 Å². The smallest absolute Gasteiger partial charge is 0.150 e. The Hall–Kier alpha value is -1.63. The van der Waals surface area contributed by atoms with Crippen molar-refractivity contribution in [3.05, 3.63) is 47.5 Å². The van der Waals surface area contributed by atoms with Gasteiger partial charge in [0.1, 0.15) is 6.29 Å². The average Bonchev–Trinajstić information content (AvgIpc) is 2.56. The van der Waals surface area contributed by atoms with Crippen LogP contribution in [-0.4, -0.2) is 6.29 Å². The van der Waals surface area contributed by atoms with Gasteiger partial charge in [0.25, 0.3) is 0 Å². The van der Waals surface area contributed by atoms with Gasteiger partial charge in [0, 0.05) is 5.56 Å². The topological polar surface area (TPSA) is 17.1 Å². The Morgan fingerprint density at radius 2 is 1.59 bits per heavy atom. The Morgan fingerprint density at radius 1 is 0.864 bits per heavy atom. The first-order valence-electron chi connectivity index (χ1n) is 8.82. The van der Waals surface area contributed by atoms with Crippen molar-refractivity contribution < 1.29 is 4.79 Å². The van der Waals surface area contributed by atoms with E-state index in [1.807, 2.05) is 12.1 Å². The van der Waals surface area contributed by atoms with Crippen LogP contribution in [0.4, 0.5) is 0 Å². The van der Waals surface area contributed by atoms with Gasteiger partial charge in [-0.25, -0.2) is 0 Å². The number of benzene rings is 2. The number of aryl methyl sites for hydroxylation is 1. The second-order valence-corrected chi connectivity index (χ2v) is 6.24. The summed E-state index contributed by atoms with van der Waals surface area (Å²) < 4.78 is 0. The fourth-order valence-corrected chi connectivity index (χ4v) is 3.11. The van der Waals surface area contributed by atoms with E-state index in [0.717, 1.165) is 18.3 Å². The van der Waals surface area contributed by atoms with Crippen LogP contribution in [0.15, 0.2) is 36.4 Å². The summed E-state index contributed by atoms with van der Waals surface area (Å²) in [5, 5.41) is 2.48. The minimum atomic E-state index is 0.761. The Balaban J connectivity index is 1.80. The lowest BCUT2D eigenvalue weighted by atomic mass is 9.98. The maximum atomic E-state index is 10.9. The second-order valence-electron chi connectivity index (χ2n) is 6.24. The molecule has 118 valence electrons. The summed E-state index contributed by atoms with van der Waals surface area (Å²) in [5.41, 5.74) is 2.18. The summed E-state index contributed by atoms with van der Waals surface area (Å²) in [4.78, 5) is 10.9. The molecule has 22 heavy (non-hydrogen) atoms.